The van der Waals surface area contributed by atoms with Crippen molar-refractivity contribution in [2.45, 2.75) is 0 Å². The van der Waals surface area contributed by atoms with Gasteiger partial charge in [0.15, 0.2) is 5.96 Å². The van der Waals surface area contributed by atoms with Crippen LogP contribution in [0.25, 0.3) is 0 Å². The van der Waals surface area contributed by atoms with Gasteiger partial charge in [-0.2, -0.15) is 0 Å². The Morgan fingerprint density at radius 3 is 2.71 bits per heavy atom. The Kier molecular flexibility index (Phi) is 3.11. The maximum absolute atomic E-state index is 7.62. The van der Waals surface area contributed by atoms with Crippen molar-refractivity contribution in [3.05, 3.63) is 18.3 Å². The molecule has 0 radical (unpaired) electrons. The van der Waals surface area contributed by atoms with Crippen molar-refractivity contribution in [1.82, 2.24) is 15.6 Å². The third kappa shape index (κ3) is 2.25. The lowest BCUT2D eigenvalue weighted by Crippen LogP contribution is -2.45. The zero-order valence-electron chi connectivity index (χ0n) is 8.18. The number of hydrogen-bond acceptors (Lipinski definition) is 2. The quantitative estimate of drug-likeness (QED) is 0.325. The number of guanidine groups is 2. The van der Waals surface area contributed by atoms with E-state index in [-0.39, 0.29) is 11.9 Å². The number of aromatic nitrogens is 1. The van der Waals surface area contributed by atoms with E-state index in [1.165, 1.54) is 0 Å². The fraction of sp³-hybridized carbons (Fsp3) is 0.250. The van der Waals surface area contributed by atoms with Crippen LogP contribution in [0, 0.1) is 10.8 Å². The second-order valence-electron chi connectivity index (χ2n) is 2.71. The van der Waals surface area contributed by atoms with Crippen LogP contribution in [-0.4, -0.2) is 31.0 Å². The summed E-state index contributed by atoms with van der Waals surface area (Å²) >= 11 is 0. The molecule has 14 heavy (non-hydrogen) atoms. The number of nitrogens with one attached hydrogen (secondary N) is 5. The first-order chi connectivity index (χ1) is 6.65. The van der Waals surface area contributed by atoms with Crippen LogP contribution in [0.2, 0.25) is 0 Å². The number of rotatable bonds is 1. The number of nitrogens with zero attached hydrogens (tertiary/aromatic N) is 1. The second-order valence-corrected chi connectivity index (χ2v) is 2.71. The van der Waals surface area contributed by atoms with E-state index in [1.807, 2.05) is 12.1 Å². The van der Waals surface area contributed by atoms with Gasteiger partial charge in [-0.15, -0.1) is 0 Å². The van der Waals surface area contributed by atoms with Gasteiger partial charge in [-0.1, -0.05) is 0 Å². The van der Waals surface area contributed by atoms with Crippen LogP contribution in [0.4, 0.5) is 5.82 Å². The molecule has 6 nitrogen and oxygen atoms in total. The van der Waals surface area contributed by atoms with Gasteiger partial charge in [0.05, 0.1) is 0 Å². The molecule has 1 aromatic rings. The van der Waals surface area contributed by atoms with Gasteiger partial charge in [-0.25, -0.2) is 0 Å². The molecule has 6 heteroatoms. The van der Waals surface area contributed by atoms with E-state index in [0.29, 0.717) is 0 Å². The van der Waals surface area contributed by atoms with Gasteiger partial charge in [0.25, 0.3) is 0 Å². The highest BCUT2D eigenvalue weighted by Crippen LogP contribution is 2.06. The standard InChI is InChI=1S/C8H14N6/c1-11-7(9)13-8(10)14(2)6-4-3-5-12-6/h3-5,12H,1-2H3,(H4,9,10,11,13). The molecule has 0 fully saturated rings. The molecule has 76 valence electrons. The predicted octanol–water partition coefficient (Wildman–Crippen LogP) is 0.129. The number of anilines is 1. The van der Waals surface area contributed by atoms with Crippen molar-refractivity contribution in [3.8, 4) is 0 Å². The van der Waals surface area contributed by atoms with E-state index in [4.69, 9.17) is 10.8 Å². The van der Waals surface area contributed by atoms with Gasteiger partial charge < -0.3 is 15.2 Å². The molecule has 5 N–H and O–H groups in total. The zero-order chi connectivity index (χ0) is 10.6. The topological polar surface area (TPSA) is 90.8 Å². The zero-order valence-corrected chi connectivity index (χ0v) is 8.18. The van der Waals surface area contributed by atoms with Gasteiger partial charge >= 0.3 is 0 Å². The molecular weight excluding hydrogens is 180 g/mol. The molecule has 0 aromatic carbocycles. The van der Waals surface area contributed by atoms with Crippen molar-refractivity contribution < 1.29 is 0 Å². The smallest absolute Gasteiger partial charge is 0.203 e. The Labute approximate surface area is 82.3 Å². The number of H-pyrrole nitrogens is 1. The molecule has 0 spiro atoms. The number of hydrogen-bond donors (Lipinski definition) is 5. The summed E-state index contributed by atoms with van der Waals surface area (Å²) in [7, 11) is 3.36. The van der Waals surface area contributed by atoms with E-state index in [1.54, 1.807) is 25.2 Å². The third-order valence-electron chi connectivity index (χ3n) is 1.77. The van der Waals surface area contributed by atoms with Crippen LogP contribution in [0.1, 0.15) is 0 Å². The Hall–Kier alpha value is -1.98. The highest BCUT2D eigenvalue weighted by molar-refractivity contribution is 6.03. The SMILES string of the molecule is CNC(=N)NC(=N)N(C)c1ccc[nH]1. The summed E-state index contributed by atoms with van der Waals surface area (Å²) in [5.41, 5.74) is 0. The molecule has 0 atom stereocenters. The molecular formula is C8H14N6. The van der Waals surface area contributed by atoms with Crippen LogP contribution in [0.15, 0.2) is 18.3 Å². The number of aromatic amines is 1. The largest absolute Gasteiger partial charge is 0.359 e. The van der Waals surface area contributed by atoms with Crippen molar-refractivity contribution in [3.63, 3.8) is 0 Å². The first kappa shape index (κ1) is 10.1. The van der Waals surface area contributed by atoms with Crippen LogP contribution in [-0.2, 0) is 0 Å². The molecule has 1 aromatic heterocycles. The predicted molar refractivity (Wildman–Crippen MR) is 56.8 cm³/mol. The van der Waals surface area contributed by atoms with E-state index < -0.39 is 0 Å². The van der Waals surface area contributed by atoms with E-state index in [2.05, 4.69) is 15.6 Å². The first-order valence-corrected chi connectivity index (χ1v) is 4.14. The average molecular weight is 194 g/mol. The summed E-state index contributed by atoms with van der Waals surface area (Å²) in [5, 5.41) is 20.1. The summed E-state index contributed by atoms with van der Waals surface area (Å²) in [6.45, 7) is 0. The van der Waals surface area contributed by atoms with Crippen molar-refractivity contribution in [2.75, 3.05) is 19.0 Å². The van der Waals surface area contributed by atoms with Crippen molar-refractivity contribution in [2.24, 2.45) is 0 Å². The van der Waals surface area contributed by atoms with Gasteiger partial charge in [0.1, 0.15) is 5.82 Å². The lowest BCUT2D eigenvalue weighted by molar-refractivity contribution is 1.02. The van der Waals surface area contributed by atoms with E-state index in [0.717, 1.165) is 5.82 Å². The highest BCUT2D eigenvalue weighted by Gasteiger charge is 2.07. The fourth-order valence-electron chi connectivity index (χ4n) is 0.915. The lowest BCUT2D eigenvalue weighted by atomic mass is 10.5. The summed E-state index contributed by atoms with van der Waals surface area (Å²) in [6, 6.07) is 3.70. The lowest BCUT2D eigenvalue weighted by Gasteiger charge is -2.19. The van der Waals surface area contributed by atoms with Gasteiger partial charge in [0, 0.05) is 20.3 Å². The molecule has 0 unspecified atom stereocenters. The minimum absolute atomic E-state index is 0.0911. The molecule has 1 rings (SSSR count). The molecule has 0 aliphatic carbocycles. The Morgan fingerprint density at radius 2 is 2.21 bits per heavy atom. The average Bonchev–Trinajstić information content (AvgIpc) is 2.69. The minimum Gasteiger partial charge on any atom is -0.359 e. The summed E-state index contributed by atoms with van der Waals surface area (Å²) in [4.78, 5) is 4.57. The molecule has 0 aliphatic rings. The van der Waals surface area contributed by atoms with Gasteiger partial charge in [-0.3, -0.25) is 16.1 Å². The van der Waals surface area contributed by atoms with Gasteiger partial charge in [-0.05, 0) is 12.1 Å². The second kappa shape index (κ2) is 4.31. The molecule has 1 heterocycles. The fourth-order valence-corrected chi connectivity index (χ4v) is 0.915. The first-order valence-electron chi connectivity index (χ1n) is 4.14. The molecule has 0 aliphatic heterocycles. The summed E-state index contributed by atoms with van der Waals surface area (Å²) < 4.78 is 0. The van der Waals surface area contributed by atoms with Crippen molar-refractivity contribution >= 4 is 17.7 Å². The molecule has 0 saturated carbocycles. The van der Waals surface area contributed by atoms with Crippen LogP contribution in [0.3, 0.4) is 0 Å². The highest BCUT2D eigenvalue weighted by atomic mass is 15.3. The molecule has 0 saturated heterocycles. The Bertz CT molecular complexity index is 315. The van der Waals surface area contributed by atoms with E-state index in [9.17, 15) is 0 Å². The van der Waals surface area contributed by atoms with Crippen LogP contribution >= 0.6 is 0 Å². The van der Waals surface area contributed by atoms with Gasteiger partial charge in [0.2, 0.25) is 5.96 Å². The minimum atomic E-state index is 0.0911. The third-order valence-corrected chi connectivity index (χ3v) is 1.77. The molecule has 0 bridgehead atoms. The summed E-state index contributed by atoms with van der Waals surface area (Å²) in [6.07, 6.45) is 1.78. The van der Waals surface area contributed by atoms with Crippen LogP contribution in [0.5, 0.6) is 0 Å². The monoisotopic (exact) mass is 194 g/mol. The summed E-state index contributed by atoms with van der Waals surface area (Å²) in [5.74, 6) is 1.02. The maximum Gasteiger partial charge on any atom is 0.203 e. The van der Waals surface area contributed by atoms with Crippen LogP contribution < -0.4 is 15.5 Å². The maximum atomic E-state index is 7.62. The Morgan fingerprint density at radius 1 is 1.50 bits per heavy atom. The van der Waals surface area contributed by atoms with E-state index >= 15 is 0 Å². The van der Waals surface area contributed by atoms with Crippen molar-refractivity contribution in [1.29, 1.82) is 10.8 Å². The Balaban J connectivity index is 2.58. The normalized spacial score (nSPS) is 9.29. The molecule has 0 amide bonds.